The Balaban J connectivity index is 1.80. The molecule has 0 fully saturated rings. The molecule has 0 aliphatic rings. The summed E-state index contributed by atoms with van der Waals surface area (Å²) in [5.74, 6) is -0.637. The van der Waals surface area contributed by atoms with E-state index in [4.69, 9.17) is 9.47 Å². The topological polar surface area (TPSA) is 103 Å². The van der Waals surface area contributed by atoms with E-state index in [-0.39, 0.29) is 28.7 Å². The van der Waals surface area contributed by atoms with Gasteiger partial charge in [0.2, 0.25) is 5.91 Å². The molecule has 3 rings (SSSR count). The Morgan fingerprint density at radius 2 is 1.78 bits per heavy atom. The normalized spacial score (nSPS) is 11.1. The second-order valence-corrected chi connectivity index (χ2v) is 9.71. The van der Waals surface area contributed by atoms with Gasteiger partial charge >= 0.3 is 5.97 Å². The first-order valence-electron chi connectivity index (χ1n) is 9.65. The molecule has 32 heavy (non-hydrogen) atoms. The summed E-state index contributed by atoms with van der Waals surface area (Å²) in [7, 11) is -2.07. The van der Waals surface area contributed by atoms with E-state index in [1.165, 1.54) is 49.3 Å². The number of carbonyl (C=O) groups excluding carboxylic acids is 2. The van der Waals surface area contributed by atoms with Gasteiger partial charge in [0.15, 0.2) is 15.0 Å². The zero-order chi connectivity index (χ0) is 23.3. The molecule has 168 valence electrons. The highest BCUT2D eigenvalue weighted by Crippen LogP contribution is 2.35. The smallest absolute Gasteiger partial charge is 0.339 e. The van der Waals surface area contributed by atoms with Crippen LogP contribution in [0.15, 0.2) is 58.8 Å². The molecule has 3 aromatic rings. The minimum Gasteiger partial charge on any atom is -0.495 e. The van der Waals surface area contributed by atoms with Crippen molar-refractivity contribution in [1.29, 1.82) is 0 Å². The highest BCUT2D eigenvalue weighted by molar-refractivity contribution is 7.91. The number of benzene rings is 2. The number of carbonyl (C=O) groups is 2. The average Bonchev–Trinajstić information content (AvgIpc) is 3.26. The van der Waals surface area contributed by atoms with Crippen LogP contribution in [-0.2, 0) is 26.0 Å². The first-order chi connectivity index (χ1) is 15.3. The van der Waals surface area contributed by atoms with E-state index in [9.17, 15) is 18.0 Å². The molecular formula is C22H22N2O6S2. The molecule has 0 bridgehead atoms. The SMILES string of the molecule is CCS(=O)(=O)c1ccccc1C(=O)OCc1csc(N(C(C)=O)c2ccccc2OC)n1. The van der Waals surface area contributed by atoms with Gasteiger partial charge in [-0.25, -0.2) is 18.2 Å². The van der Waals surface area contributed by atoms with Crippen LogP contribution in [0.1, 0.15) is 29.9 Å². The van der Waals surface area contributed by atoms with Gasteiger partial charge in [-0.3, -0.25) is 9.69 Å². The molecule has 0 spiro atoms. The minimum absolute atomic E-state index is 0.0239. The summed E-state index contributed by atoms with van der Waals surface area (Å²) in [5.41, 5.74) is 0.943. The van der Waals surface area contributed by atoms with Gasteiger partial charge in [-0.05, 0) is 24.3 Å². The van der Waals surface area contributed by atoms with Crippen molar-refractivity contribution < 1.29 is 27.5 Å². The highest BCUT2D eigenvalue weighted by atomic mass is 32.2. The lowest BCUT2D eigenvalue weighted by Crippen LogP contribution is -2.23. The summed E-state index contributed by atoms with van der Waals surface area (Å²) in [6, 6.07) is 13.0. The zero-order valence-corrected chi connectivity index (χ0v) is 19.4. The molecule has 1 heterocycles. The number of hydrogen-bond donors (Lipinski definition) is 0. The van der Waals surface area contributed by atoms with Gasteiger partial charge in [0.25, 0.3) is 0 Å². The van der Waals surface area contributed by atoms with Crippen LogP contribution in [0.4, 0.5) is 10.8 Å². The Hall–Kier alpha value is -3.24. The molecule has 1 amide bonds. The number of nitrogens with zero attached hydrogens (tertiary/aromatic N) is 2. The maximum absolute atomic E-state index is 12.6. The first kappa shape index (κ1) is 23.4. The first-order valence-corrected chi connectivity index (χ1v) is 12.2. The standard InChI is InChI=1S/C22H22N2O6S2/c1-4-32(27,28)20-12-8-5-9-17(20)21(26)30-13-16-14-31-22(23-16)24(15(2)25)18-10-6-7-11-19(18)29-3/h5-12,14H,4,13H2,1-3H3. The lowest BCUT2D eigenvalue weighted by molar-refractivity contribution is -0.115. The van der Waals surface area contributed by atoms with Crippen molar-refractivity contribution in [3.63, 3.8) is 0 Å². The minimum atomic E-state index is -3.58. The Morgan fingerprint density at radius 1 is 1.09 bits per heavy atom. The summed E-state index contributed by atoms with van der Waals surface area (Å²) < 4.78 is 35.2. The van der Waals surface area contributed by atoms with Gasteiger partial charge in [-0.1, -0.05) is 31.2 Å². The van der Waals surface area contributed by atoms with Gasteiger partial charge < -0.3 is 9.47 Å². The summed E-state index contributed by atoms with van der Waals surface area (Å²) in [5, 5.41) is 2.06. The molecule has 0 unspecified atom stereocenters. The monoisotopic (exact) mass is 474 g/mol. The number of anilines is 2. The summed E-state index contributed by atoms with van der Waals surface area (Å²) in [4.78, 5) is 30.7. The number of rotatable bonds is 8. The Labute approximate surface area is 190 Å². The van der Waals surface area contributed by atoms with E-state index in [1.807, 2.05) is 0 Å². The molecule has 0 aliphatic carbocycles. The molecule has 2 aromatic carbocycles. The predicted octanol–water partition coefficient (Wildman–Crippen LogP) is 3.99. The summed E-state index contributed by atoms with van der Waals surface area (Å²) in [6.45, 7) is 2.75. The van der Waals surface area contributed by atoms with Crippen molar-refractivity contribution in [3.8, 4) is 5.75 Å². The maximum Gasteiger partial charge on any atom is 0.339 e. The average molecular weight is 475 g/mol. The molecule has 0 N–H and O–H groups in total. The third kappa shape index (κ3) is 4.97. The zero-order valence-electron chi connectivity index (χ0n) is 17.8. The van der Waals surface area contributed by atoms with E-state index in [0.717, 1.165) is 0 Å². The second kappa shape index (κ2) is 9.92. The van der Waals surface area contributed by atoms with E-state index >= 15 is 0 Å². The Kier molecular flexibility index (Phi) is 7.26. The molecule has 0 saturated carbocycles. The van der Waals surface area contributed by atoms with Crippen LogP contribution in [0.5, 0.6) is 5.75 Å². The van der Waals surface area contributed by atoms with Gasteiger partial charge in [0, 0.05) is 12.3 Å². The van der Waals surface area contributed by atoms with Gasteiger partial charge in [0.1, 0.15) is 12.4 Å². The number of hydrogen-bond acceptors (Lipinski definition) is 8. The molecular weight excluding hydrogens is 452 g/mol. The van der Waals surface area contributed by atoms with Crippen LogP contribution in [-0.4, -0.2) is 38.1 Å². The quantitative estimate of drug-likeness (QED) is 0.455. The molecule has 1 aromatic heterocycles. The molecule has 0 aliphatic heterocycles. The fourth-order valence-electron chi connectivity index (χ4n) is 2.97. The Morgan fingerprint density at radius 3 is 2.47 bits per heavy atom. The molecule has 0 saturated heterocycles. The lowest BCUT2D eigenvalue weighted by atomic mass is 10.2. The third-order valence-corrected chi connectivity index (χ3v) is 7.21. The van der Waals surface area contributed by atoms with E-state index in [1.54, 1.807) is 41.8 Å². The van der Waals surface area contributed by atoms with Crippen molar-refractivity contribution >= 4 is 43.9 Å². The van der Waals surface area contributed by atoms with Crippen LogP contribution in [0.2, 0.25) is 0 Å². The Bertz CT molecular complexity index is 1240. The van der Waals surface area contributed by atoms with Gasteiger partial charge in [-0.2, -0.15) is 0 Å². The fourth-order valence-corrected chi connectivity index (χ4v) is 4.91. The molecule has 10 heteroatoms. The molecule has 0 atom stereocenters. The van der Waals surface area contributed by atoms with Crippen molar-refractivity contribution in [1.82, 2.24) is 4.98 Å². The highest BCUT2D eigenvalue weighted by Gasteiger charge is 2.23. The van der Waals surface area contributed by atoms with Crippen LogP contribution in [0.25, 0.3) is 0 Å². The number of aromatic nitrogens is 1. The lowest BCUT2D eigenvalue weighted by Gasteiger charge is -2.20. The molecule has 8 nitrogen and oxygen atoms in total. The van der Waals surface area contributed by atoms with Crippen molar-refractivity contribution in [2.75, 3.05) is 17.8 Å². The molecule has 0 radical (unpaired) electrons. The van der Waals surface area contributed by atoms with E-state index < -0.39 is 15.8 Å². The number of esters is 1. The van der Waals surface area contributed by atoms with E-state index in [2.05, 4.69) is 4.98 Å². The van der Waals surface area contributed by atoms with Crippen LogP contribution >= 0.6 is 11.3 Å². The van der Waals surface area contributed by atoms with Crippen molar-refractivity contribution in [3.05, 3.63) is 65.2 Å². The van der Waals surface area contributed by atoms with Crippen molar-refractivity contribution in [2.24, 2.45) is 0 Å². The largest absolute Gasteiger partial charge is 0.495 e. The van der Waals surface area contributed by atoms with Crippen molar-refractivity contribution in [2.45, 2.75) is 25.3 Å². The third-order valence-electron chi connectivity index (χ3n) is 4.55. The van der Waals surface area contributed by atoms with Crippen LogP contribution in [0.3, 0.4) is 0 Å². The second-order valence-electron chi connectivity index (χ2n) is 6.62. The summed E-state index contributed by atoms with van der Waals surface area (Å²) >= 11 is 1.21. The number of methoxy groups -OCH3 is 1. The van der Waals surface area contributed by atoms with Gasteiger partial charge in [-0.15, -0.1) is 11.3 Å². The summed E-state index contributed by atoms with van der Waals surface area (Å²) in [6.07, 6.45) is 0. The number of sulfone groups is 1. The number of amides is 1. The number of para-hydroxylation sites is 2. The number of thiazole rings is 1. The van der Waals surface area contributed by atoms with E-state index in [0.29, 0.717) is 22.3 Å². The maximum atomic E-state index is 12.6. The van der Waals surface area contributed by atoms with Crippen LogP contribution < -0.4 is 9.64 Å². The fraction of sp³-hybridized carbons (Fsp3) is 0.227. The van der Waals surface area contributed by atoms with Gasteiger partial charge in [0.05, 0.1) is 34.7 Å². The van der Waals surface area contributed by atoms with Crippen LogP contribution in [0, 0.1) is 0 Å². The predicted molar refractivity (Wildman–Crippen MR) is 121 cm³/mol. The number of ether oxygens (including phenoxy) is 2.